The number of nitrogens with zero attached hydrogens (tertiary/aromatic N) is 1. The van der Waals surface area contributed by atoms with Gasteiger partial charge in [0.1, 0.15) is 5.82 Å². The summed E-state index contributed by atoms with van der Waals surface area (Å²) < 4.78 is 13.3. The second-order valence-corrected chi connectivity index (χ2v) is 7.78. The van der Waals surface area contributed by atoms with E-state index in [-0.39, 0.29) is 16.4 Å². The lowest BCUT2D eigenvalue weighted by Crippen LogP contribution is -2.44. The third-order valence-corrected chi connectivity index (χ3v) is 6.01. The molecule has 0 spiro atoms. The number of aryl methyl sites for hydroxylation is 1. The average Bonchev–Trinajstić information content (AvgIpc) is 2.68. The van der Waals surface area contributed by atoms with Crippen molar-refractivity contribution in [2.75, 3.05) is 5.43 Å². The Labute approximate surface area is 179 Å². The number of anilines is 1. The maximum atomic E-state index is 13.3. The number of thioether (sulfide) groups is 1. The molecule has 4 N–H and O–H groups in total. The average molecular weight is 434 g/mol. The van der Waals surface area contributed by atoms with Gasteiger partial charge in [-0.15, -0.1) is 10.4 Å². The van der Waals surface area contributed by atoms with Crippen molar-refractivity contribution in [1.82, 2.24) is 0 Å². The van der Waals surface area contributed by atoms with Crippen LogP contribution in [0.2, 0.25) is 0 Å². The van der Waals surface area contributed by atoms with E-state index in [1.54, 1.807) is 32.1 Å². The van der Waals surface area contributed by atoms with Gasteiger partial charge < -0.3 is 5.11 Å². The van der Waals surface area contributed by atoms with Crippen LogP contribution in [-0.2, 0) is 0 Å². The summed E-state index contributed by atoms with van der Waals surface area (Å²) in [5.41, 5.74) is 5.31. The van der Waals surface area contributed by atoms with Crippen LogP contribution in [0.1, 0.15) is 48.7 Å². The van der Waals surface area contributed by atoms with Crippen molar-refractivity contribution < 1.29 is 29.6 Å². The van der Waals surface area contributed by atoms with E-state index in [0.717, 1.165) is 34.2 Å². The maximum absolute atomic E-state index is 13.3. The number of allylic oxidation sites excluding steroid dienone is 2. The molecule has 0 aromatic heterocycles. The largest absolute Gasteiger partial charge is 0.478 e. The van der Waals surface area contributed by atoms with E-state index >= 15 is 0 Å². The van der Waals surface area contributed by atoms with Crippen LogP contribution in [0, 0.1) is 12.7 Å². The molecule has 0 radical (unpaired) electrons. The molecule has 0 saturated carbocycles. The molecular weight excluding hydrogens is 407 g/mol. The third kappa shape index (κ3) is 5.70. The van der Waals surface area contributed by atoms with Gasteiger partial charge in [0, 0.05) is 4.91 Å². The van der Waals surface area contributed by atoms with E-state index in [9.17, 15) is 19.6 Å². The van der Waals surface area contributed by atoms with Crippen LogP contribution in [0.4, 0.5) is 10.1 Å². The van der Waals surface area contributed by atoms with Crippen LogP contribution in [0.25, 0.3) is 4.91 Å². The molecule has 0 heterocycles. The summed E-state index contributed by atoms with van der Waals surface area (Å²) in [6, 6.07) is 10.4. The molecule has 2 aromatic carbocycles. The number of rotatable bonds is 8. The zero-order chi connectivity index (χ0) is 22.5. The van der Waals surface area contributed by atoms with Gasteiger partial charge in [-0.05, 0) is 86.5 Å². The Morgan fingerprint density at radius 2 is 1.83 bits per heavy atom. The molecule has 160 valence electrons. The van der Waals surface area contributed by atoms with E-state index in [1.807, 2.05) is 13.8 Å². The monoisotopic (exact) mass is 433 g/mol. The first-order valence-electron chi connectivity index (χ1n) is 9.36. The third-order valence-electron chi connectivity index (χ3n) is 4.53. The fourth-order valence-electron chi connectivity index (χ4n) is 2.77. The number of carboxylic acid groups (broad SMARTS) is 1. The molecule has 30 heavy (non-hydrogen) atoms. The van der Waals surface area contributed by atoms with Crippen LogP contribution in [-0.4, -0.2) is 26.4 Å². The highest BCUT2D eigenvalue weighted by molar-refractivity contribution is 8.11. The summed E-state index contributed by atoms with van der Waals surface area (Å²) in [5, 5.41) is 30.7. The minimum Gasteiger partial charge on any atom is -0.478 e. The van der Waals surface area contributed by atoms with Gasteiger partial charge in [-0.1, -0.05) is 24.6 Å². The predicted molar refractivity (Wildman–Crippen MR) is 116 cm³/mol. The van der Waals surface area contributed by atoms with Crippen LogP contribution in [0.3, 0.4) is 0 Å². The fraction of sp³-hybridized carbons (Fsp3) is 0.227. The summed E-state index contributed by atoms with van der Waals surface area (Å²) in [4.78, 5) is 10.3. The van der Waals surface area contributed by atoms with Gasteiger partial charge in [-0.25, -0.2) is 9.18 Å². The Bertz CT molecular complexity index is 985. The smallest absolute Gasteiger partial charge is 0.335 e. The topological polar surface area (TPSA) is 89.8 Å². The molecule has 2 rings (SSSR count). The van der Waals surface area contributed by atoms with E-state index < -0.39 is 10.9 Å². The number of carboxylic acids is 1. The number of hydroxylamine groups is 2. The molecule has 0 saturated heterocycles. The number of carbonyl (C=O) groups is 1. The highest BCUT2D eigenvalue weighted by Gasteiger charge is 2.33. The minimum absolute atomic E-state index is 0.135. The number of hydrogen-bond acceptors (Lipinski definition) is 5. The van der Waals surface area contributed by atoms with Crippen molar-refractivity contribution in [1.29, 1.82) is 0 Å². The Hall–Kier alpha value is -2.65. The van der Waals surface area contributed by atoms with Gasteiger partial charge in [0.2, 0.25) is 0 Å². The van der Waals surface area contributed by atoms with Crippen molar-refractivity contribution in [3.8, 4) is 0 Å². The molecule has 0 aliphatic rings. The SMILES string of the molecule is C/C=C(\SC(=C(C)CC)c1ccc(F)cc1)[N+](O)(O)Nc1ccc(C(=O)O)c(C)c1. The molecule has 0 amide bonds. The lowest BCUT2D eigenvalue weighted by atomic mass is 10.1. The molecule has 8 heteroatoms. The molecule has 0 aliphatic heterocycles. The Morgan fingerprint density at radius 3 is 2.33 bits per heavy atom. The number of benzene rings is 2. The van der Waals surface area contributed by atoms with Crippen molar-refractivity contribution >= 4 is 28.3 Å². The van der Waals surface area contributed by atoms with Crippen molar-refractivity contribution in [2.24, 2.45) is 0 Å². The maximum Gasteiger partial charge on any atom is 0.335 e. The highest BCUT2D eigenvalue weighted by atomic mass is 32.2. The van der Waals surface area contributed by atoms with Gasteiger partial charge in [-0.3, -0.25) is 0 Å². The summed E-state index contributed by atoms with van der Waals surface area (Å²) in [6.07, 6.45) is 2.29. The standard InChI is InChI=1S/C22H25FN2O4S/c1-5-14(3)21(16-7-9-17(23)10-8-16)30-20(6-2)25(28,29)24-18-11-12-19(22(26)27)15(4)13-18/h6-13,24,28-29H,5H2,1-4H3/p+1/b20-6-,21-14?. The van der Waals surface area contributed by atoms with Gasteiger partial charge >= 0.3 is 5.97 Å². The van der Waals surface area contributed by atoms with Gasteiger partial charge in [0.25, 0.3) is 5.03 Å². The number of halogens is 1. The molecule has 0 fully saturated rings. The molecule has 0 aliphatic carbocycles. The summed E-state index contributed by atoms with van der Waals surface area (Å²) in [6.45, 7) is 7.22. The molecular formula is C22H26FN2O4S+. The highest BCUT2D eigenvalue weighted by Crippen LogP contribution is 2.40. The predicted octanol–water partition coefficient (Wildman–Crippen LogP) is 6.19. The summed E-state index contributed by atoms with van der Waals surface area (Å²) in [7, 11) is 0. The van der Waals surface area contributed by atoms with Crippen LogP contribution < -0.4 is 5.43 Å². The molecule has 2 aromatic rings. The van der Waals surface area contributed by atoms with Gasteiger partial charge in [0.15, 0.2) is 0 Å². The van der Waals surface area contributed by atoms with Crippen LogP contribution in [0.5, 0.6) is 0 Å². The molecule has 0 unspecified atom stereocenters. The molecule has 0 bridgehead atoms. The summed E-state index contributed by atoms with van der Waals surface area (Å²) >= 11 is 1.15. The van der Waals surface area contributed by atoms with E-state index in [4.69, 9.17) is 5.11 Å². The fourth-order valence-corrected chi connectivity index (χ4v) is 3.84. The number of aromatic carboxylic acids is 1. The first-order valence-corrected chi connectivity index (χ1v) is 10.2. The first-order chi connectivity index (χ1) is 14.1. The molecule has 0 atom stereocenters. The Balaban J connectivity index is 2.33. The Kier molecular flexibility index (Phi) is 7.80. The van der Waals surface area contributed by atoms with Gasteiger partial charge in [-0.2, -0.15) is 5.43 Å². The quantitative estimate of drug-likeness (QED) is 0.293. The zero-order valence-electron chi connectivity index (χ0n) is 17.3. The van der Waals surface area contributed by atoms with Gasteiger partial charge in [0.05, 0.1) is 16.2 Å². The molecule has 6 nitrogen and oxygen atoms in total. The minimum atomic E-state index is -1.63. The first kappa shape index (κ1) is 23.6. The number of hydrogen-bond donors (Lipinski definition) is 4. The van der Waals surface area contributed by atoms with Crippen LogP contribution >= 0.6 is 11.8 Å². The van der Waals surface area contributed by atoms with Crippen molar-refractivity contribution in [3.63, 3.8) is 0 Å². The van der Waals surface area contributed by atoms with E-state index in [2.05, 4.69) is 5.43 Å². The van der Waals surface area contributed by atoms with Crippen molar-refractivity contribution in [2.45, 2.75) is 34.1 Å². The Morgan fingerprint density at radius 1 is 1.20 bits per heavy atom. The summed E-state index contributed by atoms with van der Waals surface area (Å²) in [5.74, 6) is -1.40. The lowest BCUT2D eigenvalue weighted by molar-refractivity contribution is -1.20. The number of nitrogens with one attached hydrogen (secondary N) is 1. The van der Waals surface area contributed by atoms with E-state index in [1.165, 1.54) is 30.3 Å². The number of quaternary nitrogens is 1. The second kappa shape index (κ2) is 9.90. The zero-order valence-corrected chi connectivity index (χ0v) is 18.1. The normalized spacial score (nSPS) is 13.1. The van der Waals surface area contributed by atoms with Crippen molar-refractivity contribution in [3.05, 3.63) is 81.7 Å². The lowest BCUT2D eigenvalue weighted by Gasteiger charge is -2.24. The van der Waals surface area contributed by atoms with Crippen LogP contribution in [0.15, 0.2) is 59.1 Å². The second-order valence-electron chi connectivity index (χ2n) is 6.75. The van der Waals surface area contributed by atoms with E-state index in [0.29, 0.717) is 11.3 Å².